The third kappa shape index (κ3) is 1.40. The van der Waals surface area contributed by atoms with Crippen molar-refractivity contribution in [1.82, 2.24) is 0 Å². The third-order valence-electron chi connectivity index (χ3n) is 1.46. The standard InChI is InChI=1S/C5H11NO3/c6-3-1-5(8)9-4(3)2-7/h3-5,7-8H,1-2,6H2/t3-,4+,5+/m0/s1. The molecule has 1 aliphatic heterocycles. The molecule has 4 nitrogen and oxygen atoms in total. The molecule has 0 aromatic carbocycles. The minimum atomic E-state index is -0.780. The molecule has 4 N–H and O–H groups in total. The van der Waals surface area contributed by atoms with Crippen LogP contribution in [-0.2, 0) is 4.74 Å². The van der Waals surface area contributed by atoms with E-state index in [0.29, 0.717) is 6.42 Å². The lowest BCUT2D eigenvalue weighted by Gasteiger charge is -2.08. The van der Waals surface area contributed by atoms with Gasteiger partial charge in [-0.25, -0.2) is 0 Å². The van der Waals surface area contributed by atoms with E-state index in [4.69, 9.17) is 20.7 Å². The zero-order chi connectivity index (χ0) is 6.85. The summed E-state index contributed by atoms with van der Waals surface area (Å²) in [5, 5.41) is 17.3. The van der Waals surface area contributed by atoms with E-state index in [1.807, 2.05) is 0 Å². The second kappa shape index (κ2) is 2.62. The number of rotatable bonds is 1. The molecule has 1 aliphatic rings. The van der Waals surface area contributed by atoms with E-state index in [-0.39, 0.29) is 18.8 Å². The van der Waals surface area contributed by atoms with Gasteiger partial charge in [0.15, 0.2) is 6.29 Å². The predicted molar refractivity (Wildman–Crippen MR) is 30.6 cm³/mol. The van der Waals surface area contributed by atoms with Gasteiger partial charge in [0.2, 0.25) is 0 Å². The first-order valence-electron chi connectivity index (χ1n) is 2.94. The van der Waals surface area contributed by atoms with Gasteiger partial charge in [-0.2, -0.15) is 0 Å². The fourth-order valence-corrected chi connectivity index (χ4v) is 0.921. The van der Waals surface area contributed by atoms with Crippen molar-refractivity contribution in [1.29, 1.82) is 0 Å². The Labute approximate surface area is 53.2 Å². The first-order valence-corrected chi connectivity index (χ1v) is 2.94. The molecule has 9 heavy (non-hydrogen) atoms. The molecule has 0 aromatic heterocycles. The van der Waals surface area contributed by atoms with Crippen LogP contribution in [0.15, 0.2) is 0 Å². The van der Waals surface area contributed by atoms with Crippen LogP contribution in [0.25, 0.3) is 0 Å². The number of hydrogen-bond donors (Lipinski definition) is 3. The van der Waals surface area contributed by atoms with E-state index in [9.17, 15) is 0 Å². The van der Waals surface area contributed by atoms with Crippen LogP contribution >= 0.6 is 0 Å². The zero-order valence-corrected chi connectivity index (χ0v) is 5.03. The molecule has 1 fully saturated rings. The number of aliphatic hydroxyl groups excluding tert-OH is 2. The Morgan fingerprint density at radius 1 is 1.67 bits per heavy atom. The molecule has 0 saturated carbocycles. The fourth-order valence-electron chi connectivity index (χ4n) is 0.921. The maximum atomic E-state index is 8.79. The first-order chi connectivity index (χ1) is 4.24. The van der Waals surface area contributed by atoms with Crippen molar-refractivity contribution in [2.45, 2.75) is 24.9 Å². The summed E-state index contributed by atoms with van der Waals surface area (Å²) < 4.78 is 4.80. The lowest BCUT2D eigenvalue weighted by atomic mass is 10.2. The van der Waals surface area contributed by atoms with Crippen LogP contribution in [0.5, 0.6) is 0 Å². The molecular formula is C5H11NO3. The van der Waals surface area contributed by atoms with Crippen molar-refractivity contribution < 1.29 is 14.9 Å². The van der Waals surface area contributed by atoms with Crippen molar-refractivity contribution >= 4 is 0 Å². The highest BCUT2D eigenvalue weighted by molar-refractivity contribution is 4.79. The predicted octanol–water partition coefficient (Wildman–Crippen LogP) is -1.59. The van der Waals surface area contributed by atoms with E-state index >= 15 is 0 Å². The number of ether oxygens (including phenoxy) is 1. The average Bonchev–Trinajstić information content (AvgIpc) is 2.10. The summed E-state index contributed by atoms with van der Waals surface area (Å²) in [7, 11) is 0. The Balaban J connectivity index is 2.38. The molecule has 1 rings (SSSR count). The van der Waals surface area contributed by atoms with Crippen LogP contribution in [0.3, 0.4) is 0 Å². The largest absolute Gasteiger partial charge is 0.394 e. The van der Waals surface area contributed by atoms with Gasteiger partial charge in [0.05, 0.1) is 12.7 Å². The van der Waals surface area contributed by atoms with Crippen molar-refractivity contribution in [3.05, 3.63) is 0 Å². The molecule has 54 valence electrons. The lowest BCUT2D eigenvalue weighted by Crippen LogP contribution is -2.32. The Morgan fingerprint density at radius 3 is 2.56 bits per heavy atom. The molecule has 3 atom stereocenters. The third-order valence-corrected chi connectivity index (χ3v) is 1.46. The normalized spacial score (nSPS) is 43.7. The second-order valence-corrected chi connectivity index (χ2v) is 2.21. The molecular weight excluding hydrogens is 122 g/mol. The van der Waals surface area contributed by atoms with Gasteiger partial charge in [0.1, 0.15) is 0 Å². The molecule has 0 amide bonds. The molecule has 0 spiro atoms. The highest BCUT2D eigenvalue weighted by Gasteiger charge is 2.30. The molecule has 0 unspecified atom stereocenters. The fraction of sp³-hybridized carbons (Fsp3) is 1.00. The SMILES string of the molecule is N[C@H]1C[C@H](O)O[C@@H]1CO. The van der Waals surface area contributed by atoms with Crippen LogP contribution in [0.1, 0.15) is 6.42 Å². The van der Waals surface area contributed by atoms with Crippen molar-refractivity contribution in [3.63, 3.8) is 0 Å². The lowest BCUT2D eigenvalue weighted by molar-refractivity contribution is -0.102. The number of hydrogen-bond acceptors (Lipinski definition) is 4. The van der Waals surface area contributed by atoms with E-state index in [0.717, 1.165) is 0 Å². The quantitative estimate of drug-likeness (QED) is 0.403. The first kappa shape index (κ1) is 6.95. The summed E-state index contributed by atoms with van der Waals surface area (Å²) in [6.07, 6.45) is -0.734. The Kier molecular flexibility index (Phi) is 2.02. The van der Waals surface area contributed by atoms with Crippen LogP contribution < -0.4 is 5.73 Å². The summed E-state index contributed by atoms with van der Waals surface area (Å²) >= 11 is 0. The number of nitrogens with two attached hydrogens (primary N) is 1. The van der Waals surface area contributed by atoms with E-state index in [1.165, 1.54) is 0 Å². The maximum Gasteiger partial charge on any atom is 0.156 e. The van der Waals surface area contributed by atoms with Gasteiger partial charge in [-0.1, -0.05) is 0 Å². The topological polar surface area (TPSA) is 75.7 Å². The summed E-state index contributed by atoms with van der Waals surface area (Å²) in [5.74, 6) is 0. The van der Waals surface area contributed by atoms with Gasteiger partial charge in [-0.3, -0.25) is 0 Å². The molecule has 0 aromatic rings. The second-order valence-electron chi connectivity index (χ2n) is 2.21. The highest BCUT2D eigenvalue weighted by Crippen LogP contribution is 2.15. The molecule has 1 saturated heterocycles. The smallest absolute Gasteiger partial charge is 0.156 e. The number of aliphatic hydroxyl groups is 2. The average molecular weight is 133 g/mol. The molecule has 4 heteroatoms. The summed E-state index contributed by atoms with van der Waals surface area (Å²) in [6.45, 7) is -0.113. The van der Waals surface area contributed by atoms with E-state index in [2.05, 4.69) is 0 Å². The summed E-state index contributed by atoms with van der Waals surface area (Å²) in [6, 6.07) is -0.218. The highest BCUT2D eigenvalue weighted by atomic mass is 16.6. The van der Waals surface area contributed by atoms with Crippen LogP contribution in [0, 0.1) is 0 Å². The van der Waals surface area contributed by atoms with Gasteiger partial charge in [-0.05, 0) is 0 Å². The van der Waals surface area contributed by atoms with Gasteiger partial charge >= 0.3 is 0 Å². The van der Waals surface area contributed by atoms with Gasteiger partial charge < -0.3 is 20.7 Å². The molecule has 0 aliphatic carbocycles. The van der Waals surface area contributed by atoms with Gasteiger partial charge in [0, 0.05) is 12.5 Å². The minimum Gasteiger partial charge on any atom is -0.394 e. The van der Waals surface area contributed by atoms with Gasteiger partial charge in [-0.15, -0.1) is 0 Å². The van der Waals surface area contributed by atoms with Gasteiger partial charge in [0.25, 0.3) is 0 Å². The summed E-state index contributed by atoms with van der Waals surface area (Å²) in [5.41, 5.74) is 5.43. The van der Waals surface area contributed by atoms with Crippen molar-refractivity contribution in [3.8, 4) is 0 Å². The Bertz CT molecular complexity index is 98.2. The molecule has 0 radical (unpaired) electrons. The van der Waals surface area contributed by atoms with Crippen LogP contribution in [0.2, 0.25) is 0 Å². The van der Waals surface area contributed by atoms with E-state index < -0.39 is 6.29 Å². The zero-order valence-electron chi connectivity index (χ0n) is 5.03. The van der Waals surface area contributed by atoms with Crippen molar-refractivity contribution in [2.75, 3.05) is 6.61 Å². The van der Waals surface area contributed by atoms with Crippen LogP contribution in [0.4, 0.5) is 0 Å². The molecule has 1 heterocycles. The monoisotopic (exact) mass is 133 g/mol. The molecule has 0 bridgehead atoms. The van der Waals surface area contributed by atoms with Crippen LogP contribution in [-0.4, -0.2) is 35.3 Å². The summed E-state index contributed by atoms with van der Waals surface area (Å²) in [4.78, 5) is 0. The minimum absolute atomic E-state index is 0.113. The van der Waals surface area contributed by atoms with E-state index in [1.54, 1.807) is 0 Å². The maximum absolute atomic E-state index is 8.79. The Hall–Kier alpha value is -0.160. The Morgan fingerprint density at radius 2 is 2.33 bits per heavy atom. The van der Waals surface area contributed by atoms with Crippen molar-refractivity contribution in [2.24, 2.45) is 5.73 Å².